The smallest absolute Gasteiger partial charge is 0.255 e. The number of benzene rings is 1. The number of nitrogens with one attached hydrogen (secondary N) is 3. The van der Waals surface area contributed by atoms with Gasteiger partial charge >= 0.3 is 0 Å². The van der Waals surface area contributed by atoms with Gasteiger partial charge in [-0.15, -0.1) is 0 Å². The van der Waals surface area contributed by atoms with Crippen LogP contribution in [0.1, 0.15) is 53.6 Å². The average Bonchev–Trinajstić information content (AvgIpc) is 3.00. The van der Waals surface area contributed by atoms with Gasteiger partial charge in [0, 0.05) is 37.7 Å². The normalized spacial score (nSPS) is 25.5. The van der Waals surface area contributed by atoms with Crippen LogP contribution in [0.25, 0.3) is 0 Å². The minimum absolute atomic E-state index is 0.104. The van der Waals surface area contributed by atoms with Crippen LogP contribution in [0.2, 0.25) is 0 Å². The van der Waals surface area contributed by atoms with Crippen molar-refractivity contribution in [1.29, 1.82) is 0 Å². The molecule has 2 fully saturated rings. The number of imide groups is 1. The number of nitrogens with zero attached hydrogens (tertiary/aromatic N) is 1. The Bertz CT molecular complexity index is 758. The second kappa shape index (κ2) is 7.78. The maximum Gasteiger partial charge on any atom is 0.255 e. The van der Waals surface area contributed by atoms with Crippen LogP contribution in [0.4, 0.5) is 0 Å². The topological polar surface area (TPSA) is 90.5 Å². The minimum atomic E-state index is -0.560. The van der Waals surface area contributed by atoms with E-state index in [1.54, 1.807) is 4.90 Å². The molecule has 0 saturated carbocycles. The van der Waals surface area contributed by atoms with E-state index in [1.807, 2.05) is 18.2 Å². The second-order valence-electron chi connectivity index (χ2n) is 7.63. The summed E-state index contributed by atoms with van der Waals surface area (Å²) in [4.78, 5) is 38.2. The highest BCUT2D eigenvalue weighted by Gasteiger charge is 2.39. The monoisotopic (exact) mass is 370 g/mol. The Kier molecular flexibility index (Phi) is 5.22. The molecule has 27 heavy (non-hydrogen) atoms. The van der Waals surface area contributed by atoms with E-state index in [9.17, 15) is 14.4 Å². The third-order valence-corrected chi connectivity index (χ3v) is 5.76. The first-order valence-electron chi connectivity index (χ1n) is 9.83. The molecule has 3 aliphatic rings. The van der Waals surface area contributed by atoms with Crippen molar-refractivity contribution in [2.45, 2.75) is 57.3 Å². The zero-order valence-corrected chi connectivity index (χ0v) is 15.4. The van der Waals surface area contributed by atoms with E-state index in [1.165, 1.54) is 19.3 Å². The number of fused-ring (bicyclic) bond motifs is 1. The van der Waals surface area contributed by atoms with Gasteiger partial charge < -0.3 is 15.5 Å². The molecule has 144 valence electrons. The van der Waals surface area contributed by atoms with Crippen LogP contribution in [-0.2, 0) is 22.7 Å². The van der Waals surface area contributed by atoms with Crippen LogP contribution in [0.15, 0.2) is 18.2 Å². The first-order valence-corrected chi connectivity index (χ1v) is 9.83. The number of rotatable bonds is 5. The number of piperidine rings is 2. The van der Waals surface area contributed by atoms with Crippen LogP contribution in [-0.4, -0.2) is 47.8 Å². The lowest BCUT2D eigenvalue weighted by Crippen LogP contribution is -2.52. The van der Waals surface area contributed by atoms with Crippen molar-refractivity contribution in [3.8, 4) is 0 Å². The Morgan fingerprint density at radius 3 is 2.81 bits per heavy atom. The molecule has 2 atom stereocenters. The zero-order valence-electron chi connectivity index (χ0n) is 15.4. The van der Waals surface area contributed by atoms with Crippen molar-refractivity contribution in [3.63, 3.8) is 0 Å². The lowest BCUT2D eigenvalue weighted by molar-refractivity contribution is -0.136. The Labute approximate surface area is 158 Å². The van der Waals surface area contributed by atoms with Gasteiger partial charge in [-0.3, -0.25) is 19.7 Å². The van der Waals surface area contributed by atoms with Crippen LogP contribution in [0.3, 0.4) is 0 Å². The minimum Gasteiger partial charge on any atom is -0.322 e. The van der Waals surface area contributed by atoms with Gasteiger partial charge in [0.25, 0.3) is 5.91 Å². The summed E-state index contributed by atoms with van der Waals surface area (Å²) in [6, 6.07) is 5.83. The van der Waals surface area contributed by atoms with E-state index in [0.29, 0.717) is 31.1 Å². The van der Waals surface area contributed by atoms with Crippen molar-refractivity contribution in [3.05, 3.63) is 34.9 Å². The summed E-state index contributed by atoms with van der Waals surface area (Å²) in [6.07, 6.45) is 4.36. The van der Waals surface area contributed by atoms with E-state index in [2.05, 4.69) is 16.0 Å². The molecule has 7 heteroatoms. The summed E-state index contributed by atoms with van der Waals surface area (Å²) in [5.41, 5.74) is 2.65. The first-order chi connectivity index (χ1) is 13.1. The van der Waals surface area contributed by atoms with Gasteiger partial charge in [-0.1, -0.05) is 24.6 Å². The fourth-order valence-corrected chi connectivity index (χ4v) is 4.32. The van der Waals surface area contributed by atoms with Gasteiger partial charge in [-0.2, -0.15) is 0 Å². The van der Waals surface area contributed by atoms with Crippen LogP contribution in [0, 0.1) is 0 Å². The molecular formula is C20H26N4O3. The van der Waals surface area contributed by atoms with E-state index >= 15 is 0 Å². The van der Waals surface area contributed by atoms with Gasteiger partial charge in [-0.05, 0) is 36.9 Å². The number of hydrogen-bond donors (Lipinski definition) is 3. The Balaban J connectivity index is 1.43. The van der Waals surface area contributed by atoms with E-state index < -0.39 is 6.04 Å². The van der Waals surface area contributed by atoms with Crippen molar-refractivity contribution in [2.75, 3.05) is 13.1 Å². The largest absolute Gasteiger partial charge is 0.322 e. The highest BCUT2D eigenvalue weighted by atomic mass is 16.2. The lowest BCUT2D eigenvalue weighted by atomic mass is 10.0. The third kappa shape index (κ3) is 3.75. The molecule has 2 saturated heterocycles. The summed E-state index contributed by atoms with van der Waals surface area (Å²) >= 11 is 0. The molecule has 4 rings (SSSR count). The molecule has 0 bridgehead atoms. The molecule has 3 N–H and O–H groups in total. The first kappa shape index (κ1) is 18.1. The molecule has 3 heterocycles. The molecule has 0 spiro atoms. The summed E-state index contributed by atoms with van der Waals surface area (Å²) in [6.45, 7) is 3.02. The van der Waals surface area contributed by atoms with Crippen LogP contribution < -0.4 is 16.0 Å². The summed E-state index contributed by atoms with van der Waals surface area (Å²) in [7, 11) is 0. The van der Waals surface area contributed by atoms with E-state index in [-0.39, 0.29) is 24.1 Å². The highest BCUT2D eigenvalue weighted by molar-refractivity contribution is 6.05. The molecule has 0 aliphatic carbocycles. The molecular weight excluding hydrogens is 344 g/mol. The highest BCUT2D eigenvalue weighted by Crippen LogP contribution is 2.29. The predicted molar refractivity (Wildman–Crippen MR) is 99.8 cm³/mol. The van der Waals surface area contributed by atoms with Gasteiger partial charge in [-0.25, -0.2) is 0 Å². The molecule has 7 nitrogen and oxygen atoms in total. The van der Waals surface area contributed by atoms with Crippen molar-refractivity contribution < 1.29 is 14.4 Å². The molecule has 1 aromatic rings. The maximum atomic E-state index is 13.0. The molecule has 1 aromatic carbocycles. The van der Waals surface area contributed by atoms with Gasteiger partial charge in [0.05, 0.1) is 0 Å². The van der Waals surface area contributed by atoms with Gasteiger partial charge in [0.2, 0.25) is 11.8 Å². The summed E-state index contributed by atoms with van der Waals surface area (Å²) < 4.78 is 0. The van der Waals surface area contributed by atoms with E-state index in [4.69, 9.17) is 0 Å². The number of carbonyl (C=O) groups excluding carboxylic acids is 3. The predicted octanol–water partition coefficient (Wildman–Crippen LogP) is 0.679. The molecule has 2 unspecified atom stereocenters. The quantitative estimate of drug-likeness (QED) is 0.663. The third-order valence-electron chi connectivity index (χ3n) is 5.76. The molecule has 0 aromatic heterocycles. The Morgan fingerprint density at radius 2 is 2.04 bits per heavy atom. The second-order valence-corrected chi connectivity index (χ2v) is 7.63. The Morgan fingerprint density at radius 1 is 1.15 bits per heavy atom. The molecule has 0 radical (unpaired) electrons. The number of carbonyl (C=O) groups is 3. The standard InChI is InChI=1S/C20H26N4O3/c25-17-8-7-16(19(26)23-17)24-12-14-5-3-4-13(18(14)20(24)27)10-21-11-15-6-1-2-9-22-15/h3-5,15-16,21-22H,1-2,6-12H2,(H,23,25,26). The maximum absolute atomic E-state index is 13.0. The van der Waals surface area contributed by atoms with Gasteiger partial charge in [0.1, 0.15) is 6.04 Å². The fourth-order valence-electron chi connectivity index (χ4n) is 4.32. The van der Waals surface area contributed by atoms with Crippen molar-refractivity contribution in [1.82, 2.24) is 20.9 Å². The Hall–Kier alpha value is -2.25. The fraction of sp³-hybridized carbons (Fsp3) is 0.550. The molecule has 3 aliphatic heterocycles. The van der Waals surface area contributed by atoms with Crippen LogP contribution >= 0.6 is 0 Å². The zero-order chi connectivity index (χ0) is 18.8. The lowest BCUT2D eigenvalue weighted by Gasteiger charge is -2.29. The number of amides is 3. The van der Waals surface area contributed by atoms with E-state index in [0.717, 1.165) is 24.2 Å². The molecule has 3 amide bonds. The van der Waals surface area contributed by atoms with Crippen LogP contribution in [0.5, 0.6) is 0 Å². The van der Waals surface area contributed by atoms with Gasteiger partial charge in [0.15, 0.2) is 0 Å². The van der Waals surface area contributed by atoms with Crippen molar-refractivity contribution in [2.24, 2.45) is 0 Å². The summed E-state index contributed by atoms with van der Waals surface area (Å²) in [5, 5.41) is 9.34. The van der Waals surface area contributed by atoms with Crippen molar-refractivity contribution >= 4 is 17.7 Å². The summed E-state index contributed by atoms with van der Waals surface area (Å²) in [5.74, 6) is -0.732. The average molecular weight is 370 g/mol. The number of hydrogen-bond acceptors (Lipinski definition) is 5. The SMILES string of the molecule is O=C1CCC(N2Cc3cccc(CNCC4CCCCN4)c3C2=O)C(=O)N1.